The number of ether oxygens (including phenoxy) is 1. The van der Waals surface area contributed by atoms with Crippen molar-refractivity contribution >= 4 is 16.9 Å². The molecular weight excluding hydrogens is 438 g/mol. The molecule has 34 heavy (non-hydrogen) atoms. The second-order valence-electron chi connectivity index (χ2n) is 9.19. The van der Waals surface area contributed by atoms with Gasteiger partial charge < -0.3 is 4.74 Å². The summed E-state index contributed by atoms with van der Waals surface area (Å²) in [5.41, 5.74) is 2.54. The zero-order chi connectivity index (χ0) is 23.8. The fraction of sp³-hybridized carbons (Fsp3) is 0.367. The van der Waals surface area contributed by atoms with E-state index in [4.69, 9.17) is 4.74 Å². The lowest BCUT2D eigenvalue weighted by atomic mass is 10.00. The molecule has 2 atom stereocenters. The van der Waals surface area contributed by atoms with Crippen molar-refractivity contribution in [2.45, 2.75) is 54.1 Å². The Morgan fingerprint density at radius 2 is 1.32 bits per heavy atom. The van der Waals surface area contributed by atoms with E-state index in [9.17, 15) is 4.79 Å². The molecule has 0 saturated carbocycles. The van der Waals surface area contributed by atoms with Gasteiger partial charge in [0.05, 0.1) is 24.0 Å². The first-order valence-electron chi connectivity index (χ1n) is 12.4. The van der Waals surface area contributed by atoms with E-state index in [0.717, 1.165) is 13.1 Å². The van der Waals surface area contributed by atoms with Crippen LogP contribution in [-0.2, 0) is 20.4 Å². The number of nitrogens with zero attached hydrogens (tertiary/aromatic N) is 1. The van der Waals surface area contributed by atoms with E-state index in [1.807, 2.05) is 0 Å². The number of carbonyl (C=O) groups is 1. The van der Waals surface area contributed by atoms with E-state index in [1.54, 1.807) is 0 Å². The minimum Gasteiger partial charge on any atom is -0.464 e. The summed E-state index contributed by atoms with van der Waals surface area (Å²) in [5.74, 6) is 0.0740. The molecule has 0 spiro atoms. The second kappa shape index (κ2) is 12.2. The van der Waals surface area contributed by atoms with Crippen LogP contribution in [0.4, 0.5) is 0 Å². The number of benzene rings is 3. The van der Waals surface area contributed by atoms with Crippen LogP contribution in [0.5, 0.6) is 0 Å². The van der Waals surface area contributed by atoms with E-state index < -0.39 is 0 Å². The van der Waals surface area contributed by atoms with Gasteiger partial charge in [0.25, 0.3) is 0 Å². The van der Waals surface area contributed by atoms with Crippen molar-refractivity contribution in [3.8, 4) is 0 Å². The molecule has 178 valence electrons. The maximum absolute atomic E-state index is 12.3. The number of likely N-dealkylation sites (tertiary alicyclic amines) is 1. The van der Waals surface area contributed by atoms with Gasteiger partial charge in [-0.1, -0.05) is 74.0 Å². The van der Waals surface area contributed by atoms with E-state index in [0.29, 0.717) is 18.4 Å². The van der Waals surface area contributed by atoms with E-state index >= 15 is 0 Å². The first kappa shape index (κ1) is 24.6. The second-order valence-corrected chi connectivity index (χ2v) is 11.5. The number of hydrogen-bond donors (Lipinski definition) is 0. The number of piperidine rings is 1. The monoisotopic (exact) mass is 474 g/mol. The standard InChI is InChI=1S/C30H36NO2S/c1-24(23-33-30(32)22-31-20-10-5-11-21-31)26-16-18-27(19-17-26)25(2)34(28-12-6-3-7-13-28)29-14-8-4-9-15-29/h3-4,6-9,12-19,24-25H,5,10-11,20-23H2,1-2H3/q+1/t24?,25-/m1/s1. The Labute approximate surface area is 207 Å². The maximum Gasteiger partial charge on any atom is 0.320 e. The molecular formula is C30H36NO2S+. The SMILES string of the molecule is CC(COC(=O)CN1CCCCC1)c1ccc([C@@H](C)[S+](c2ccccc2)c2ccccc2)cc1. The summed E-state index contributed by atoms with van der Waals surface area (Å²) >= 11 is 0. The molecule has 1 aliphatic rings. The van der Waals surface area contributed by atoms with Crippen LogP contribution in [0.1, 0.15) is 55.4 Å². The zero-order valence-electron chi connectivity index (χ0n) is 20.4. The fourth-order valence-electron chi connectivity index (χ4n) is 4.57. The highest BCUT2D eigenvalue weighted by atomic mass is 32.2. The topological polar surface area (TPSA) is 29.5 Å². The van der Waals surface area contributed by atoms with Crippen LogP contribution < -0.4 is 0 Å². The molecule has 1 heterocycles. The summed E-state index contributed by atoms with van der Waals surface area (Å²) in [4.78, 5) is 17.2. The first-order valence-corrected chi connectivity index (χ1v) is 13.7. The van der Waals surface area contributed by atoms with Gasteiger partial charge in [-0.15, -0.1) is 0 Å². The molecule has 1 saturated heterocycles. The lowest BCUT2D eigenvalue weighted by molar-refractivity contribution is -0.145. The molecule has 0 N–H and O–H groups in total. The van der Waals surface area contributed by atoms with E-state index in [-0.39, 0.29) is 22.8 Å². The molecule has 1 unspecified atom stereocenters. The Hall–Kier alpha value is -2.56. The van der Waals surface area contributed by atoms with Gasteiger partial charge in [-0.3, -0.25) is 9.69 Å². The van der Waals surface area contributed by atoms with Crippen molar-refractivity contribution in [3.05, 3.63) is 96.1 Å². The molecule has 3 aromatic carbocycles. The number of carbonyl (C=O) groups excluding carboxylic acids is 1. The molecule has 4 heteroatoms. The van der Waals surface area contributed by atoms with Gasteiger partial charge in [0, 0.05) is 11.5 Å². The Balaban J connectivity index is 1.40. The molecule has 0 amide bonds. The number of rotatable bonds is 9. The Morgan fingerprint density at radius 3 is 1.88 bits per heavy atom. The lowest BCUT2D eigenvalue weighted by Crippen LogP contribution is -2.35. The molecule has 3 aromatic rings. The Kier molecular flexibility index (Phi) is 8.84. The minimum absolute atomic E-state index is 0.0518. The van der Waals surface area contributed by atoms with Crippen LogP contribution >= 0.6 is 0 Å². The lowest BCUT2D eigenvalue weighted by Gasteiger charge is -2.25. The van der Waals surface area contributed by atoms with Crippen molar-refractivity contribution in [1.82, 2.24) is 4.90 Å². The van der Waals surface area contributed by atoms with Crippen molar-refractivity contribution in [3.63, 3.8) is 0 Å². The van der Waals surface area contributed by atoms with Crippen molar-refractivity contribution in [2.75, 3.05) is 26.2 Å². The van der Waals surface area contributed by atoms with E-state index in [1.165, 1.54) is 40.2 Å². The average molecular weight is 475 g/mol. The molecule has 0 radical (unpaired) electrons. The summed E-state index contributed by atoms with van der Waals surface area (Å²) < 4.78 is 5.61. The third kappa shape index (κ3) is 6.52. The van der Waals surface area contributed by atoms with Gasteiger partial charge in [0.2, 0.25) is 0 Å². The highest BCUT2D eigenvalue weighted by Crippen LogP contribution is 2.36. The normalized spacial score (nSPS) is 16.2. The summed E-state index contributed by atoms with van der Waals surface area (Å²) in [6.07, 6.45) is 3.64. The van der Waals surface area contributed by atoms with Crippen molar-refractivity contribution in [1.29, 1.82) is 0 Å². The van der Waals surface area contributed by atoms with Crippen LogP contribution in [-0.4, -0.2) is 37.1 Å². The Bertz CT molecular complexity index is 977. The summed E-state index contributed by atoms with van der Waals surface area (Å²) in [6.45, 7) is 7.33. The predicted octanol–water partition coefficient (Wildman–Crippen LogP) is 6.62. The summed E-state index contributed by atoms with van der Waals surface area (Å²) in [6, 6.07) is 30.5. The van der Waals surface area contributed by atoms with Crippen LogP contribution in [0.2, 0.25) is 0 Å². The molecule has 0 bridgehead atoms. The zero-order valence-corrected chi connectivity index (χ0v) is 21.2. The van der Waals surface area contributed by atoms with Crippen molar-refractivity contribution < 1.29 is 9.53 Å². The predicted molar refractivity (Wildman–Crippen MR) is 141 cm³/mol. The third-order valence-corrected chi connectivity index (χ3v) is 9.16. The van der Waals surface area contributed by atoms with Crippen LogP contribution in [0.25, 0.3) is 0 Å². The smallest absolute Gasteiger partial charge is 0.320 e. The van der Waals surface area contributed by atoms with Crippen molar-refractivity contribution in [2.24, 2.45) is 0 Å². The van der Waals surface area contributed by atoms with Gasteiger partial charge in [0.1, 0.15) is 0 Å². The maximum atomic E-state index is 12.3. The molecule has 4 rings (SSSR count). The van der Waals surface area contributed by atoms with Gasteiger partial charge >= 0.3 is 5.97 Å². The Morgan fingerprint density at radius 1 is 0.794 bits per heavy atom. The fourth-order valence-corrected chi connectivity index (χ4v) is 6.99. The highest BCUT2D eigenvalue weighted by molar-refractivity contribution is 7.97. The molecule has 3 nitrogen and oxygen atoms in total. The molecule has 1 aliphatic heterocycles. The van der Waals surface area contributed by atoms with Crippen LogP contribution in [0.15, 0.2) is 94.7 Å². The highest BCUT2D eigenvalue weighted by Gasteiger charge is 2.33. The minimum atomic E-state index is -0.103. The summed E-state index contributed by atoms with van der Waals surface area (Å²) in [7, 11) is -0.0518. The first-order chi connectivity index (χ1) is 16.6. The van der Waals surface area contributed by atoms with E-state index in [2.05, 4.69) is 104 Å². The van der Waals surface area contributed by atoms with Gasteiger partial charge in [-0.05, 0) is 62.7 Å². The summed E-state index contributed by atoms with van der Waals surface area (Å²) in [5, 5.41) is 0.358. The molecule has 0 aliphatic carbocycles. The van der Waals surface area contributed by atoms with Crippen LogP contribution in [0, 0.1) is 0 Å². The van der Waals surface area contributed by atoms with Crippen LogP contribution in [0.3, 0.4) is 0 Å². The van der Waals surface area contributed by atoms with Gasteiger partial charge in [0.15, 0.2) is 15.0 Å². The largest absolute Gasteiger partial charge is 0.464 e. The third-order valence-electron chi connectivity index (χ3n) is 6.62. The van der Waals surface area contributed by atoms with Gasteiger partial charge in [-0.25, -0.2) is 0 Å². The van der Waals surface area contributed by atoms with Gasteiger partial charge in [-0.2, -0.15) is 0 Å². The number of hydrogen-bond acceptors (Lipinski definition) is 3. The quantitative estimate of drug-likeness (QED) is 0.258. The molecule has 0 aromatic heterocycles. The molecule has 1 fully saturated rings. The average Bonchev–Trinajstić information content (AvgIpc) is 2.89. The number of esters is 1.